The van der Waals surface area contributed by atoms with Crippen molar-refractivity contribution in [3.05, 3.63) is 218 Å². The van der Waals surface area contributed by atoms with Gasteiger partial charge in [-0.1, -0.05) is 181 Å². The summed E-state index contributed by atoms with van der Waals surface area (Å²) < 4.78 is 292. The molecule has 7 heteroatoms. The first-order valence-corrected chi connectivity index (χ1v) is 21.3. The average molecular weight is 864 g/mol. The zero-order valence-corrected chi connectivity index (χ0v) is 33.1. The number of benzene rings is 9. The van der Waals surface area contributed by atoms with E-state index in [0.717, 1.165) is 13.7 Å². The van der Waals surface area contributed by atoms with Gasteiger partial charge in [-0.3, -0.25) is 9.13 Å². The number of para-hydroxylation sites is 7. The Morgan fingerprint density at radius 2 is 0.828 bits per heavy atom. The molecule has 4 aromatic heterocycles. The number of hydrogen-bond donors (Lipinski definition) is 0. The Morgan fingerprint density at radius 1 is 0.375 bits per heavy atom. The van der Waals surface area contributed by atoms with E-state index in [1.54, 1.807) is 0 Å². The van der Waals surface area contributed by atoms with E-state index in [2.05, 4.69) is 0 Å². The van der Waals surface area contributed by atoms with Crippen molar-refractivity contribution >= 4 is 94.2 Å². The molecule has 0 N–H and O–H groups in total. The molecule has 1 aliphatic rings. The first-order chi connectivity index (χ1) is 44.7. The lowest BCUT2D eigenvalue weighted by atomic mass is 10.1. The summed E-state index contributed by atoms with van der Waals surface area (Å²) in [5.41, 5.74) is -4.95. The highest BCUT2D eigenvalue weighted by molar-refractivity contribution is 7.21. The predicted octanol–water partition coefficient (Wildman–Crippen LogP) is 10.5. The summed E-state index contributed by atoms with van der Waals surface area (Å²) in [4.78, 5) is 14.1. The summed E-state index contributed by atoms with van der Waals surface area (Å²) in [5.74, 6) is -2.94. The van der Waals surface area contributed by atoms with Crippen LogP contribution in [-0.2, 0) is 0 Å². The lowest BCUT2D eigenvalue weighted by molar-refractivity contribution is 0.893. The summed E-state index contributed by atoms with van der Waals surface area (Å²) in [5, 5.41) is -4.75. The largest absolute Gasteiger partial charge is 0.309 e. The van der Waals surface area contributed by atoms with Crippen LogP contribution in [0, 0.1) is 0 Å². The second-order valence-electron chi connectivity index (χ2n) is 14.4. The molecular formula is C57H36N6Si. The molecule has 9 aromatic carbocycles. The molecule has 0 amide bonds. The molecule has 1 atom stereocenters. The standard InChI is InChI=1S/C57H36N6Si/c1-2-19-38(20-3-1)64(52-34-15-14-33-51(52)61-46-28-9-8-26-44(46)45-27-17-35-53(64)54(45)61)39-21-16-18-37(36-39)55-58-56(62-47-29-10-4-22-40(47)41-23-5-11-30-48(41)62)60-57(59-55)63-49-31-12-6-24-42(49)43-25-7-13-32-50(43)63/h1-36H/i4D,5D,6D,7D,8D,9D,10D,11D,12D,13D,14D,15D,16D,17D,18D,21D,22D,23D,24D,25D,26D,27D,28D,29D,30D,31D,32D,33D,34D,35D,36D. The zero-order chi connectivity index (χ0) is 68.9. The molecule has 64 heavy (non-hydrogen) atoms. The minimum Gasteiger partial charge on any atom is -0.309 e. The van der Waals surface area contributed by atoms with Crippen LogP contribution < -0.4 is 20.7 Å². The Morgan fingerprint density at radius 3 is 1.41 bits per heavy atom. The van der Waals surface area contributed by atoms with Crippen LogP contribution in [0.2, 0.25) is 0 Å². The smallest absolute Gasteiger partial charge is 0.240 e. The van der Waals surface area contributed by atoms with Gasteiger partial charge in [-0.25, -0.2) is 0 Å². The minimum atomic E-state index is -5.58. The quantitative estimate of drug-likeness (QED) is 0.162. The lowest BCUT2D eigenvalue weighted by Crippen LogP contribution is -2.76. The SMILES string of the molecule is [2H]c1c([2H])c([2H])c2c(c1[2H])-n1c3c([2H])c([2H])c([2H])c([2H])c3c3c([2H])c([2H])c([2H])c(c31)[Si]2(c1ccccc1)c1c([2H])c([2H])c([2H])c(-c2nc(-n3c4c([2H])c([2H])c([2H])c([2H])c4c4c([2H])c([2H])c([2H])c([2H])c43)nc(-n3c4c([2H])c([2H])c([2H])c([2H])c4c4c([2H])c([2H])c([2H])c([2H])c43)n2)c1[2H]. The fourth-order valence-corrected chi connectivity index (χ4v) is 13.3. The predicted molar refractivity (Wildman–Crippen MR) is 265 cm³/mol. The van der Waals surface area contributed by atoms with Gasteiger partial charge >= 0.3 is 0 Å². The minimum absolute atomic E-state index is 0.0570. The molecular weight excluding hydrogens is 797 g/mol. The van der Waals surface area contributed by atoms with Crippen molar-refractivity contribution in [3.63, 3.8) is 0 Å². The normalized spacial score (nSPS) is 21.4. The van der Waals surface area contributed by atoms with Gasteiger partial charge in [-0.2, -0.15) is 15.0 Å². The van der Waals surface area contributed by atoms with E-state index in [0.29, 0.717) is 0 Å². The number of aromatic nitrogens is 6. The molecule has 0 bridgehead atoms. The molecule has 5 heterocycles. The van der Waals surface area contributed by atoms with Crippen molar-refractivity contribution in [3.8, 4) is 29.0 Å². The van der Waals surface area contributed by atoms with E-state index in [1.165, 1.54) is 30.3 Å². The molecule has 0 aliphatic carbocycles. The van der Waals surface area contributed by atoms with E-state index in [9.17, 15) is 27.4 Å². The van der Waals surface area contributed by atoms with E-state index < -0.39 is 305 Å². The van der Waals surface area contributed by atoms with Crippen LogP contribution in [0.1, 0.15) is 42.5 Å². The number of nitrogens with zero attached hydrogens (tertiary/aromatic N) is 6. The summed E-state index contributed by atoms with van der Waals surface area (Å²) in [6, 6.07) is -20.8. The number of rotatable bonds is 5. The van der Waals surface area contributed by atoms with Gasteiger partial charge in [0.2, 0.25) is 11.9 Å². The highest BCUT2D eigenvalue weighted by Gasteiger charge is 2.47. The Balaban J connectivity index is 1.26. The molecule has 0 fully saturated rings. The Kier molecular flexibility index (Phi) is 3.47. The summed E-state index contributed by atoms with van der Waals surface area (Å²) in [6.07, 6.45) is 0. The summed E-state index contributed by atoms with van der Waals surface area (Å²) in [6.45, 7) is 0. The van der Waals surface area contributed by atoms with Crippen molar-refractivity contribution in [2.24, 2.45) is 0 Å². The van der Waals surface area contributed by atoms with Crippen molar-refractivity contribution in [2.75, 3.05) is 0 Å². The molecule has 13 aromatic rings. The Bertz CT molecular complexity index is 5550. The van der Waals surface area contributed by atoms with Gasteiger partial charge in [-0.05, 0) is 57.0 Å². The van der Waals surface area contributed by atoms with Crippen LogP contribution >= 0.6 is 0 Å². The molecule has 14 rings (SSSR count). The molecule has 298 valence electrons. The Hall–Kier alpha value is -8.39. The maximum atomic E-state index is 10.8. The maximum absolute atomic E-state index is 10.8. The third kappa shape index (κ3) is 4.70. The monoisotopic (exact) mass is 863 g/mol. The molecule has 1 unspecified atom stereocenters. The molecule has 1 aliphatic heterocycles. The van der Waals surface area contributed by atoms with E-state index >= 15 is 0 Å². The molecule has 0 spiro atoms. The van der Waals surface area contributed by atoms with Crippen molar-refractivity contribution in [1.82, 2.24) is 28.7 Å². The summed E-state index contributed by atoms with van der Waals surface area (Å²) >= 11 is 0. The first-order valence-electron chi connectivity index (χ1n) is 34.8. The van der Waals surface area contributed by atoms with Gasteiger partial charge in [0.05, 0.1) is 75.6 Å². The van der Waals surface area contributed by atoms with Gasteiger partial charge in [0.1, 0.15) is 0 Å². The van der Waals surface area contributed by atoms with E-state index in [4.69, 9.17) is 30.0 Å². The lowest BCUT2D eigenvalue weighted by Gasteiger charge is -2.39. The summed E-state index contributed by atoms with van der Waals surface area (Å²) in [7, 11) is -5.58. The third-order valence-electron chi connectivity index (χ3n) is 11.4. The number of fused-ring (bicyclic) bond motifs is 11. The van der Waals surface area contributed by atoms with Crippen molar-refractivity contribution in [2.45, 2.75) is 0 Å². The van der Waals surface area contributed by atoms with Crippen LogP contribution in [0.3, 0.4) is 0 Å². The number of hydrogen-bond acceptors (Lipinski definition) is 3. The van der Waals surface area contributed by atoms with Gasteiger partial charge in [0.15, 0.2) is 13.9 Å². The van der Waals surface area contributed by atoms with Crippen LogP contribution in [0.5, 0.6) is 0 Å². The topological polar surface area (TPSA) is 53.5 Å². The molecule has 0 saturated carbocycles. The highest BCUT2D eigenvalue weighted by Crippen LogP contribution is 2.37. The van der Waals surface area contributed by atoms with Crippen molar-refractivity contribution in [1.29, 1.82) is 0 Å². The maximum Gasteiger partial charge on any atom is 0.240 e. The first kappa shape index (κ1) is 16.7. The molecule has 0 saturated heterocycles. The highest BCUT2D eigenvalue weighted by atomic mass is 28.3. The van der Waals surface area contributed by atoms with Crippen LogP contribution in [0.25, 0.3) is 94.4 Å². The van der Waals surface area contributed by atoms with Gasteiger partial charge < -0.3 is 4.57 Å². The van der Waals surface area contributed by atoms with E-state index in [1.807, 2.05) is 0 Å². The fraction of sp³-hybridized carbons (Fsp3) is 0. The zero-order valence-electron chi connectivity index (χ0n) is 63.1. The van der Waals surface area contributed by atoms with E-state index in [-0.39, 0.29) is 5.19 Å². The molecule has 0 radical (unpaired) electrons. The average Bonchev–Trinajstić information content (AvgIpc) is 1.63. The fourth-order valence-electron chi connectivity index (χ4n) is 8.86. The second-order valence-corrected chi connectivity index (χ2v) is 18.0. The van der Waals surface area contributed by atoms with Crippen LogP contribution in [0.15, 0.2) is 218 Å². The van der Waals surface area contributed by atoms with Crippen LogP contribution in [-0.4, -0.2) is 36.7 Å². The third-order valence-corrected chi connectivity index (χ3v) is 15.8. The second kappa shape index (κ2) is 13.3. The van der Waals surface area contributed by atoms with Gasteiger partial charge in [-0.15, -0.1) is 0 Å². The Labute approximate surface area is 412 Å². The van der Waals surface area contributed by atoms with Crippen molar-refractivity contribution < 1.29 is 42.5 Å². The van der Waals surface area contributed by atoms with Gasteiger partial charge in [0.25, 0.3) is 0 Å². The molecule has 6 nitrogen and oxygen atoms in total. The van der Waals surface area contributed by atoms with Crippen LogP contribution in [0.4, 0.5) is 0 Å². The van der Waals surface area contributed by atoms with Gasteiger partial charge in [0, 0.05) is 43.6 Å².